The highest BCUT2D eigenvalue weighted by molar-refractivity contribution is 5.92. The molecule has 3 rings (SSSR count). The van der Waals surface area contributed by atoms with Gasteiger partial charge >= 0.3 is 0 Å². The zero-order chi connectivity index (χ0) is 16.2. The summed E-state index contributed by atoms with van der Waals surface area (Å²) in [4.78, 5) is 14.4. The third-order valence-electron chi connectivity index (χ3n) is 4.29. The zero-order valence-corrected chi connectivity index (χ0v) is 13.2. The molecule has 122 valence electrons. The van der Waals surface area contributed by atoms with Crippen molar-refractivity contribution in [3.05, 3.63) is 48.0 Å². The molecule has 1 N–H and O–H groups in total. The first-order valence-electron chi connectivity index (χ1n) is 7.93. The molecule has 6 heteroatoms. The van der Waals surface area contributed by atoms with E-state index in [9.17, 15) is 9.18 Å². The van der Waals surface area contributed by atoms with Gasteiger partial charge in [-0.25, -0.2) is 9.07 Å². The number of halogens is 1. The molecule has 2 aromatic rings. The molecule has 1 aromatic carbocycles. The molecule has 1 aromatic heterocycles. The van der Waals surface area contributed by atoms with Gasteiger partial charge in [0.25, 0.3) is 5.91 Å². The van der Waals surface area contributed by atoms with E-state index in [2.05, 4.69) is 10.4 Å². The molecular weight excluding hydrogens is 295 g/mol. The fourth-order valence-electron chi connectivity index (χ4n) is 2.97. The predicted octanol–water partition coefficient (Wildman–Crippen LogP) is 2.08. The van der Waals surface area contributed by atoms with Gasteiger partial charge in [-0.3, -0.25) is 4.79 Å². The number of amides is 1. The number of likely N-dealkylation sites (tertiary alicyclic amines) is 1. The van der Waals surface area contributed by atoms with Crippen LogP contribution < -0.4 is 5.32 Å². The van der Waals surface area contributed by atoms with Gasteiger partial charge in [-0.1, -0.05) is 0 Å². The van der Waals surface area contributed by atoms with Gasteiger partial charge in [-0.15, -0.1) is 0 Å². The normalized spacial score (nSPS) is 15.8. The summed E-state index contributed by atoms with van der Waals surface area (Å²) in [5, 5.41) is 7.52. The maximum absolute atomic E-state index is 13.0. The summed E-state index contributed by atoms with van der Waals surface area (Å²) in [6.07, 6.45) is 3.77. The summed E-state index contributed by atoms with van der Waals surface area (Å²) in [7, 11) is 1.96. The molecule has 1 amide bonds. The average Bonchev–Trinajstić information content (AvgIpc) is 3.06. The van der Waals surface area contributed by atoms with Crippen molar-refractivity contribution in [2.45, 2.75) is 12.8 Å². The van der Waals surface area contributed by atoms with E-state index in [-0.39, 0.29) is 11.7 Å². The first kappa shape index (κ1) is 15.7. The molecule has 0 unspecified atom stereocenters. The van der Waals surface area contributed by atoms with Crippen LogP contribution in [-0.4, -0.2) is 47.3 Å². The Hall–Kier alpha value is -2.21. The Kier molecular flexibility index (Phi) is 4.71. The number of benzene rings is 1. The van der Waals surface area contributed by atoms with Crippen molar-refractivity contribution in [1.82, 2.24) is 20.0 Å². The van der Waals surface area contributed by atoms with Crippen LogP contribution in [0.2, 0.25) is 0 Å². The van der Waals surface area contributed by atoms with Crippen LogP contribution in [0.15, 0.2) is 36.5 Å². The number of nitrogens with zero attached hydrogens (tertiary/aromatic N) is 3. The second-order valence-electron chi connectivity index (χ2n) is 5.92. The van der Waals surface area contributed by atoms with Crippen LogP contribution in [0, 0.1) is 11.7 Å². The van der Waals surface area contributed by atoms with Gasteiger partial charge in [0.1, 0.15) is 5.82 Å². The molecular formula is C17H21FN4O. The minimum absolute atomic E-state index is 0.0335. The van der Waals surface area contributed by atoms with Gasteiger partial charge in [0.05, 0.1) is 5.69 Å². The lowest BCUT2D eigenvalue weighted by Gasteiger charge is -2.31. The SMILES string of the molecule is CNCC1CCN(C(=O)c2ccn(-c3ccc(F)cc3)n2)CC1. The Morgan fingerprint density at radius 2 is 1.96 bits per heavy atom. The number of rotatable bonds is 4. The van der Waals surface area contributed by atoms with Crippen molar-refractivity contribution in [1.29, 1.82) is 0 Å². The van der Waals surface area contributed by atoms with Gasteiger partial charge in [-0.05, 0) is 62.7 Å². The Bertz CT molecular complexity index is 659. The van der Waals surface area contributed by atoms with E-state index in [1.165, 1.54) is 12.1 Å². The minimum Gasteiger partial charge on any atom is -0.337 e. The molecule has 5 nitrogen and oxygen atoms in total. The molecule has 1 saturated heterocycles. The van der Waals surface area contributed by atoms with Crippen LogP contribution in [0.1, 0.15) is 23.3 Å². The average molecular weight is 316 g/mol. The van der Waals surface area contributed by atoms with E-state index in [4.69, 9.17) is 0 Å². The topological polar surface area (TPSA) is 50.2 Å². The molecule has 0 saturated carbocycles. The number of carbonyl (C=O) groups is 1. The summed E-state index contributed by atoms with van der Waals surface area (Å²) in [6.45, 7) is 2.55. The largest absolute Gasteiger partial charge is 0.337 e. The maximum Gasteiger partial charge on any atom is 0.274 e. The second-order valence-corrected chi connectivity index (χ2v) is 5.92. The summed E-state index contributed by atoms with van der Waals surface area (Å²) in [5.74, 6) is 0.316. The van der Waals surface area contributed by atoms with E-state index in [0.29, 0.717) is 11.6 Å². The van der Waals surface area contributed by atoms with Gasteiger partial charge in [0.15, 0.2) is 5.69 Å². The Morgan fingerprint density at radius 3 is 2.61 bits per heavy atom. The van der Waals surface area contributed by atoms with Crippen molar-refractivity contribution < 1.29 is 9.18 Å². The molecule has 1 aliphatic heterocycles. The smallest absolute Gasteiger partial charge is 0.274 e. The summed E-state index contributed by atoms with van der Waals surface area (Å²) in [6, 6.07) is 7.75. The van der Waals surface area contributed by atoms with Crippen molar-refractivity contribution in [3.63, 3.8) is 0 Å². The molecule has 0 bridgehead atoms. The fourth-order valence-corrected chi connectivity index (χ4v) is 2.97. The number of carbonyl (C=O) groups excluding carboxylic acids is 1. The molecule has 0 radical (unpaired) electrons. The first-order chi connectivity index (χ1) is 11.2. The maximum atomic E-state index is 13.0. The van der Waals surface area contributed by atoms with Crippen molar-refractivity contribution in [2.24, 2.45) is 5.92 Å². The molecule has 23 heavy (non-hydrogen) atoms. The van der Waals surface area contributed by atoms with Crippen LogP contribution in [-0.2, 0) is 0 Å². The number of nitrogens with one attached hydrogen (secondary N) is 1. The predicted molar refractivity (Wildman–Crippen MR) is 86.1 cm³/mol. The van der Waals surface area contributed by atoms with E-state index in [0.717, 1.165) is 38.2 Å². The molecule has 0 atom stereocenters. The highest BCUT2D eigenvalue weighted by Crippen LogP contribution is 2.18. The molecule has 0 spiro atoms. The minimum atomic E-state index is -0.290. The number of hydrogen-bond donors (Lipinski definition) is 1. The van der Waals surface area contributed by atoms with Gasteiger partial charge in [-0.2, -0.15) is 5.10 Å². The number of piperidine rings is 1. The molecule has 0 aliphatic carbocycles. The van der Waals surface area contributed by atoms with Gasteiger partial charge in [0.2, 0.25) is 0 Å². The fraction of sp³-hybridized carbons (Fsp3) is 0.412. The van der Waals surface area contributed by atoms with Gasteiger partial charge < -0.3 is 10.2 Å². The summed E-state index contributed by atoms with van der Waals surface area (Å²) < 4.78 is 14.6. The lowest BCUT2D eigenvalue weighted by Crippen LogP contribution is -2.40. The van der Waals surface area contributed by atoms with E-state index < -0.39 is 0 Å². The zero-order valence-electron chi connectivity index (χ0n) is 13.2. The number of hydrogen-bond acceptors (Lipinski definition) is 3. The third kappa shape index (κ3) is 3.59. The second kappa shape index (κ2) is 6.91. The highest BCUT2D eigenvalue weighted by Gasteiger charge is 2.24. The lowest BCUT2D eigenvalue weighted by atomic mass is 9.97. The first-order valence-corrected chi connectivity index (χ1v) is 7.93. The van der Waals surface area contributed by atoms with E-state index in [1.54, 1.807) is 29.1 Å². The van der Waals surface area contributed by atoms with Crippen LogP contribution in [0.25, 0.3) is 5.69 Å². The van der Waals surface area contributed by atoms with Crippen LogP contribution in [0.4, 0.5) is 4.39 Å². The standard InChI is InChI=1S/C17H21FN4O/c1-19-12-13-6-9-21(10-7-13)17(23)16-8-11-22(20-16)15-4-2-14(18)3-5-15/h2-5,8,11,13,19H,6-7,9-10,12H2,1H3. The molecule has 1 aliphatic rings. The van der Waals surface area contributed by atoms with E-state index >= 15 is 0 Å². The third-order valence-corrected chi connectivity index (χ3v) is 4.29. The summed E-state index contributed by atoms with van der Waals surface area (Å²) >= 11 is 0. The Morgan fingerprint density at radius 1 is 1.26 bits per heavy atom. The molecule has 2 heterocycles. The van der Waals surface area contributed by atoms with Crippen LogP contribution in [0.5, 0.6) is 0 Å². The Labute approximate surface area is 135 Å². The van der Waals surface area contributed by atoms with Crippen molar-refractivity contribution >= 4 is 5.91 Å². The highest BCUT2D eigenvalue weighted by atomic mass is 19.1. The van der Waals surface area contributed by atoms with Crippen molar-refractivity contribution in [3.8, 4) is 5.69 Å². The summed E-state index contributed by atoms with van der Waals surface area (Å²) in [5.41, 5.74) is 1.17. The van der Waals surface area contributed by atoms with Gasteiger partial charge in [0, 0.05) is 19.3 Å². The van der Waals surface area contributed by atoms with Crippen LogP contribution >= 0.6 is 0 Å². The molecule has 1 fully saturated rings. The Balaban J connectivity index is 1.66. The van der Waals surface area contributed by atoms with Crippen molar-refractivity contribution in [2.75, 3.05) is 26.7 Å². The lowest BCUT2D eigenvalue weighted by molar-refractivity contribution is 0.0684. The van der Waals surface area contributed by atoms with E-state index in [1.807, 2.05) is 11.9 Å². The monoisotopic (exact) mass is 316 g/mol. The number of aromatic nitrogens is 2. The quantitative estimate of drug-likeness (QED) is 0.939. The van der Waals surface area contributed by atoms with Crippen LogP contribution in [0.3, 0.4) is 0 Å².